The molecule has 2 amide bonds. The Hall–Kier alpha value is -2.44. The molecule has 2 aromatic carbocycles. The number of carbonyl (C=O) groups is 2. The highest BCUT2D eigenvalue weighted by atomic mass is 16.5. The number of fused-ring (bicyclic) bond motifs is 3. The van der Waals surface area contributed by atoms with Gasteiger partial charge < -0.3 is 9.47 Å². The first-order valence-corrected chi connectivity index (χ1v) is 8.07. The minimum Gasteiger partial charge on any atom is -0.493 e. The van der Waals surface area contributed by atoms with Crippen LogP contribution in [0.4, 0.5) is 0 Å². The van der Waals surface area contributed by atoms with Gasteiger partial charge in [0.2, 0.25) is 0 Å². The van der Waals surface area contributed by atoms with Crippen molar-refractivity contribution in [3.05, 3.63) is 41.5 Å². The van der Waals surface area contributed by atoms with E-state index in [1.54, 1.807) is 6.07 Å². The lowest BCUT2D eigenvalue weighted by Crippen LogP contribution is -2.43. The largest absolute Gasteiger partial charge is 0.493 e. The fourth-order valence-corrected chi connectivity index (χ4v) is 2.86. The van der Waals surface area contributed by atoms with Crippen LogP contribution in [0.25, 0.3) is 10.8 Å². The minimum atomic E-state index is -0.363. The van der Waals surface area contributed by atoms with Gasteiger partial charge in [-0.15, -0.1) is 0 Å². The summed E-state index contributed by atoms with van der Waals surface area (Å²) in [5.41, 5.74) is 3.63. The molecule has 24 heavy (non-hydrogen) atoms. The molecule has 1 aliphatic rings. The van der Waals surface area contributed by atoms with E-state index in [1.165, 1.54) is 0 Å². The van der Waals surface area contributed by atoms with Crippen LogP contribution < -0.4 is 10.2 Å². The molecule has 0 fully saturated rings. The van der Waals surface area contributed by atoms with Crippen LogP contribution in [0.15, 0.2) is 30.3 Å². The van der Waals surface area contributed by atoms with Gasteiger partial charge in [-0.1, -0.05) is 24.3 Å². The number of rotatable bonds is 7. The highest BCUT2D eigenvalue weighted by Gasteiger charge is 2.38. The zero-order chi connectivity index (χ0) is 17.1. The Balaban J connectivity index is 1.99. The molecule has 3 rings (SSSR count). The number of nitrogens with zero attached hydrogens (tertiary/aromatic N) is 1. The molecule has 2 aromatic rings. The molecule has 0 atom stereocenters. The first-order valence-electron chi connectivity index (χ1n) is 8.07. The van der Waals surface area contributed by atoms with Crippen molar-refractivity contribution in [2.24, 2.45) is 0 Å². The van der Waals surface area contributed by atoms with Gasteiger partial charge in [0.15, 0.2) is 0 Å². The summed E-state index contributed by atoms with van der Waals surface area (Å²) in [5.74, 6) is -0.0897. The summed E-state index contributed by atoms with van der Waals surface area (Å²) < 4.78 is 10.9. The molecule has 0 bridgehead atoms. The molecule has 1 aliphatic heterocycles. The first kappa shape index (κ1) is 16.4. The fraction of sp³-hybridized carbons (Fsp3) is 0.333. The van der Waals surface area contributed by atoms with E-state index in [0.717, 1.165) is 15.8 Å². The molecule has 126 valence electrons. The van der Waals surface area contributed by atoms with E-state index >= 15 is 0 Å². The standard InChI is InChI=1S/C18H20N2O4/c1-3-23-10-9-19-20-17(21)14-11-15(24-4-2)12-7-5-6-8-13(12)16(14)18(20)22/h5-8,11,19H,3-4,9-10H2,1-2H3. The van der Waals surface area contributed by atoms with E-state index < -0.39 is 0 Å². The van der Waals surface area contributed by atoms with Crippen LogP contribution in [-0.2, 0) is 4.74 Å². The molecule has 0 unspecified atom stereocenters. The van der Waals surface area contributed by atoms with Gasteiger partial charge in [0.25, 0.3) is 11.8 Å². The number of hydrogen-bond acceptors (Lipinski definition) is 5. The average Bonchev–Trinajstić information content (AvgIpc) is 2.83. The molecule has 6 nitrogen and oxygen atoms in total. The van der Waals surface area contributed by atoms with Crippen molar-refractivity contribution >= 4 is 22.6 Å². The SMILES string of the molecule is CCOCCNN1C(=O)c2cc(OCC)c3ccccc3c2C1=O. The number of benzene rings is 2. The Morgan fingerprint density at radius 2 is 1.79 bits per heavy atom. The van der Waals surface area contributed by atoms with Crippen molar-refractivity contribution in [1.82, 2.24) is 10.4 Å². The third-order valence-electron chi connectivity index (χ3n) is 3.88. The monoisotopic (exact) mass is 328 g/mol. The molecular formula is C18H20N2O4. The summed E-state index contributed by atoms with van der Waals surface area (Å²) in [6, 6.07) is 9.12. The molecule has 0 aromatic heterocycles. The molecule has 6 heteroatoms. The lowest BCUT2D eigenvalue weighted by molar-refractivity contribution is 0.0534. The van der Waals surface area contributed by atoms with Gasteiger partial charge in [-0.25, -0.2) is 10.4 Å². The van der Waals surface area contributed by atoms with Gasteiger partial charge in [-0.3, -0.25) is 9.59 Å². The Kier molecular flexibility index (Phi) is 4.78. The van der Waals surface area contributed by atoms with Crippen LogP contribution in [0.2, 0.25) is 0 Å². The van der Waals surface area contributed by atoms with E-state index in [-0.39, 0.29) is 11.8 Å². The summed E-state index contributed by atoms with van der Waals surface area (Å²) >= 11 is 0. The van der Waals surface area contributed by atoms with Crippen LogP contribution >= 0.6 is 0 Å². The maximum Gasteiger partial charge on any atom is 0.276 e. The average molecular weight is 328 g/mol. The maximum absolute atomic E-state index is 12.7. The quantitative estimate of drug-likeness (QED) is 0.624. The van der Waals surface area contributed by atoms with Gasteiger partial charge in [-0.05, 0) is 25.3 Å². The van der Waals surface area contributed by atoms with Crippen molar-refractivity contribution in [2.45, 2.75) is 13.8 Å². The Labute approximate surface area is 140 Å². The third kappa shape index (κ3) is 2.74. The van der Waals surface area contributed by atoms with E-state index in [0.29, 0.717) is 43.2 Å². The van der Waals surface area contributed by atoms with E-state index in [4.69, 9.17) is 9.47 Å². The zero-order valence-corrected chi connectivity index (χ0v) is 13.8. The number of hydrogen-bond donors (Lipinski definition) is 1. The van der Waals surface area contributed by atoms with E-state index in [1.807, 2.05) is 38.1 Å². The number of nitrogens with one attached hydrogen (secondary N) is 1. The van der Waals surface area contributed by atoms with Crippen molar-refractivity contribution in [3.8, 4) is 5.75 Å². The zero-order valence-electron chi connectivity index (χ0n) is 13.8. The molecule has 1 N–H and O–H groups in total. The predicted molar refractivity (Wildman–Crippen MR) is 90.1 cm³/mol. The molecule has 1 heterocycles. The predicted octanol–water partition coefficient (Wildman–Crippen LogP) is 2.38. The molecule has 0 spiro atoms. The number of ether oxygens (including phenoxy) is 2. The smallest absolute Gasteiger partial charge is 0.276 e. The molecule has 0 aliphatic carbocycles. The second kappa shape index (κ2) is 6.98. The summed E-state index contributed by atoms with van der Waals surface area (Å²) in [7, 11) is 0. The minimum absolute atomic E-state index is 0.342. The highest BCUT2D eigenvalue weighted by molar-refractivity contribution is 6.26. The first-order chi connectivity index (χ1) is 11.7. The van der Waals surface area contributed by atoms with Crippen LogP contribution in [0, 0.1) is 0 Å². The summed E-state index contributed by atoms with van der Waals surface area (Å²) in [5, 5.41) is 2.62. The number of amides is 2. The lowest BCUT2D eigenvalue weighted by atomic mass is 9.99. The summed E-state index contributed by atoms with van der Waals surface area (Å²) in [4.78, 5) is 25.3. The second-order valence-corrected chi connectivity index (χ2v) is 5.33. The number of carbonyl (C=O) groups excluding carboxylic acids is 2. The Bertz CT molecular complexity index is 788. The van der Waals surface area contributed by atoms with Crippen molar-refractivity contribution in [1.29, 1.82) is 0 Å². The van der Waals surface area contributed by atoms with E-state index in [9.17, 15) is 9.59 Å². The number of imide groups is 1. The fourth-order valence-electron chi connectivity index (χ4n) is 2.86. The van der Waals surface area contributed by atoms with Gasteiger partial charge >= 0.3 is 0 Å². The molecular weight excluding hydrogens is 308 g/mol. The van der Waals surface area contributed by atoms with Crippen LogP contribution in [0.5, 0.6) is 5.75 Å². The summed E-state index contributed by atoms with van der Waals surface area (Å²) in [6.45, 7) is 5.66. The number of hydrazine groups is 1. The van der Waals surface area contributed by atoms with Gasteiger partial charge in [0, 0.05) is 18.5 Å². The van der Waals surface area contributed by atoms with Crippen molar-refractivity contribution < 1.29 is 19.1 Å². The molecule has 0 saturated heterocycles. The Morgan fingerprint density at radius 3 is 2.50 bits per heavy atom. The van der Waals surface area contributed by atoms with Crippen LogP contribution in [0.3, 0.4) is 0 Å². The molecule has 0 radical (unpaired) electrons. The van der Waals surface area contributed by atoms with Crippen LogP contribution in [-0.4, -0.2) is 43.2 Å². The van der Waals surface area contributed by atoms with Gasteiger partial charge in [0.05, 0.1) is 24.3 Å². The highest BCUT2D eigenvalue weighted by Crippen LogP contribution is 2.35. The van der Waals surface area contributed by atoms with Crippen molar-refractivity contribution in [3.63, 3.8) is 0 Å². The van der Waals surface area contributed by atoms with E-state index in [2.05, 4.69) is 5.43 Å². The lowest BCUT2D eigenvalue weighted by Gasteiger charge is -2.14. The normalized spacial score (nSPS) is 13.7. The molecule has 0 saturated carbocycles. The van der Waals surface area contributed by atoms with Gasteiger partial charge in [-0.2, -0.15) is 0 Å². The third-order valence-corrected chi connectivity index (χ3v) is 3.88. The topological polar surface area (TPSA) is 67.9 Å². The Morgan fingerprint density at radius 1 is 1.04 bits per heavy atom. The van der Waals surface area contributed by atoms with Crippen molar-refractivity contribution in [2.75, 3.05) is 26.4 Å². The van der Waals surface area contributed by atoms with Crippen LogP contribution in [0.1, 0.15) is 34.6 Å². The second-order valence-electron chi connectivity index (χ2n) is 5.33. The summed E-state index contributed by atoms with van der Waals surface area (Å²) in [6.07, 6.45) is 0. The maximum atomic E-state index is 12.7. The van der Waals surface area contributed by atoms with Gasteiger partial charge in [0.1, 0.15) is 5.75 Å².